The molecule has 0 radical (unpaired) electrons. The Kier molecular flexibility index (Phi) is 19.7. The second kappa shape index (κ2) is 23.5. The first-order valence-corrected chi connectivity index (χ1v) is 15.3. The van der Waals surface area contributed by atoms with E-state index >= 15 is 0 Å². The molecule has 0 aliphatic carbocycles. The molecular weight excluding hydrogens is 669 g/mol. The van der Waals surface area contributed by atoms with Crippen LogP contribution < -0.4 is 20.7 Å². The number of carbonyl (C=O) groups is 2. The van der Waals surface area contributed by atoms with E-state index in [4.69, 9.17) is 24.5 Å². The Morgan fingerprint density at radius 1 is 0.729 bits per heavy atom. The average molecular weight is 708 g/mol. The van der Waals surface area contributed by atoms with Crippen molar-refractivity contribution >= 4 is 30.3 Å². The van der Waals surface area contributed by atoms with Gasteiger partial charge in [0.1, 0.15) is 0 Å². The van der Waals surface area contributed by atoms with Crippen LogP contribution in [0, 0.1) is 34.6 Å². The minimum Gasteiger partial charge on any atom is -0.420 e. The summed E-state index contributed by atoms with van der Waals surface area (Å²) in [5.41, 5.74) is 8.56. The van der Waals surface area contributed by atoms with E-state index in [9.17, 15) is 31.5 Å². The van der Waals surface area contributed by atoms with Crippen molar-refractivity contribution in [2.24, 2.45) is 5.11 Å². The third kappa shape index (κ3) is 15.8. The van der Waals surface area contributed by atoms with Crippen LogP contribution in [-0.4, -0.2) is 77.9 Å². The van der Waals surface area contributed by atoms with Gasteiger partial charge in [0.2, 0.25) is 34.8 Å². The predicted octanol–water partition coefficient (Wildman–Crippen LogP) is 5.49. The van der Waals surface area contributed by atoms with Crippen molar-refractivity contribution in [2.75, 3.05) is 71.3 Å². The maximum atomic E-state index is 13.5. The zero-order valence-electron chi connectivity index (χ0n) is 25.9. The second-order valence-corrected chi connectivity index (χ2v) is 10.2. The molecule has 2 rings (SSSR count). The summed E-state index contributed by atoms with van der Waals surface area (Å²) < 4.78 is 91.9. The number of nitrogens with zero attached hydrogens (tertiary/aromatic N) is 1. The van der Waals surface area contributed by atoms with Gasteiger partial charge in [-0.2, -0.15) is 13.9 Å². The summed E-state index contributed by atoms with van der Waals surface area (Å²) in [6.45, 7) is 2.62. The molecule has 266 valence electrons. The van der Waals surface area contributed by atoms with E-state index < -0.39 is 47.2 Å². The Balaban J connectivity index is 1.37. The molecule has 12 nitrogen and oxygen atoms in total. The molecule has 48 heavy (non-hydrogen) atoms. The van der Waals surface area contributed by atoms with E-state index in [1.54, 1.807) is 30.5 Å². The van der Waals surface area contributed by atoms with Gasteiger partial charge in [-0.05, 0) is 43.5 Å². The fourth-order valence-electron chi connectivity index (χ4n) is 3.59. The van der Waals surface area contributed by atoms with Gasteiger partial charge in [-0.1, -0.05) is 0 Å². The highest BCUT2D eigenvalue weighted by Gasteiger charge is 2.28. The largest absolute Gasteiger partial charge is 0.420 e. The van der Waals surface area contributed by atoms with Gasteiger partial charge in [-0.25, -0.2) is 23.5 Å². The Hall–Kier alpha value is -3.84. The van der Waals surface area contributed by atoms with Crippen molar-refractivity contribution in [3.8, 4) is 5.75 Å². The van der Waals surface area contributed by atoms with Crippen LogP contribution in [0.3, 0.4) is 0 Å². The highest BCUT2D eigenvalue weighted by Crippen LogP contribution is 2.29. The number of urea groups is 1. The summed E-state index contributed by atoms with van der Waals surface area (Å²) in [5.74, 6) is -14.2. The maximum Gasteiger partial charge on any atom is 0.319 e. The fraction of sp³-hybridized carbons (Fsp3) is 0.467. The van der Waals surface area contributed by atoms with Gasteiger partial charge in [-0.3, -0.25) is 4.79 Å². The number of carbonyl (C=O) groups excluding carboxylic acids is 2. The first kappa shape index (κ1) is 40.3. The SMILES string of the molecule is N=N/C(=C\NCCOCCOCCOCCOCCC(=O)Oc1c(F)c(F)c(F)c(F)c1F)CCCCNC(=O)Nc1ccc(S)cc1. The molecular formula is C30H38F5N5O7S. The van der Waals surface area contributed by atoms with Crippen LogP contribution in [0.1, 0.15) is 25.7 Å². The molecule has 4 N–H and O–H groups in total. The lowest BCUT2D eigenvalue weighted by atomic mass is 10.2. The molecule has 18 heteroatoms. The summed E-state index contributed by atoms with van der Waals surface area (Å²) in [6.07, 6.45) is 3.21. The minimum atomic E-state index is -2.35. The molecule has 0 unspecified atom stereocenters. The zero-order valence-corrected chi connectivity index (χ0v) is 26.8. The van der Waals surface area contributed by atoms with Crippen LogP contribution in [0.5, 0.6) is 5.75 Å². The van der Waals surface area contributed by atoms with Crippen LogP contribution in [0.4, 0.5) is 32.4 Å². The quantitative estimate of drug-likeness (QED) is 0.0141. The number of ether oxygens (including phenoxy) is 5. The standard InChI is InChI=1S/C30H38F5N5O7S/c31-24-25(32)27(34)29(28(35)26(24)33)47-23(41)8-11-43-13-15-45-17-18-46-16-14-44-12-10-37-19-21(40-36)3-1-2-9-38-30(42)39-20-4-6-22(48)7-5-20/h4-7,19,36-37,48H,1-3,8-18H2,(H2,38,39,42)/b21-19-,40-36?. The lowest BCUT2D eigenvalue weighted by molar-refractivity contribution is -0.136. The normalized spacial score (nSPS) is 11.3. The Morgan fingerprint density at radius 2 is 1.27 bits per heavy atom. The van der Waals surface area contributed by atoms with Gasteiger partial charge in [0.15, 0.2) is 0 Å². The van der Waals surface area contributed by atoms with E-state index in [0.717, 1.165) is 17.7 Å². The molecule has 2 aromatic rings. The summed E-state index contributed by atoms with van der Waals surface area (Å²) in [7, 11) is 0. The Bertz CT molecular complexity index is 1310. The third-order valence-electron chi connectivity index (χ3n) is 6.03. The first-order valence-electron chi connectivity index (χ1n) is 14.8. The van der Waals surface area contributed by atoms with Crippen molar-refractivity contribution in [2.45, 2.75) is 30.6 Å². The summed E-state index contributed by atoms with van der Waals surface area (Å²) >= 11 is 4.20. The predicted molar refractivity (Wildman–Crippen MR) is 166 cm³/mol. The highest BCUT2D eigenvalue weighted by molar-refractivity contribution is 7.80. The minimum absolute atomic E-state index is 0.0681. The van der Waals surface area contributed by atoms with Gasteiger partial charge in [0, 0.05) is 29.9 Å². The topological polar surface area (TPSA) is 153 Å². The van der Waals surface area contributed by atoms with Gasteiger partial charge in [-0.15, -0.1) is 12.6 Å². The monoisotopic (exact) mass is 707 g/mol. The van der Waals surface area contributed by atoms with Crippen LogP contribution >= 0.6 is 12.6 Å². The van der Waals surface area contributed by atoms with Crippen molar-refractivity contribution < 1.29 is 55.2 Å². The van der Waals surface area contributed by atoms with Crippen LogP contribution in [0.25, 0.3) is 0 Å². The van der Waals surface area contributed by atoms with Crippen molar-refractivity contribution in [1.29, 1.82) is 5.53 Å². The number of anilines is 1. The van der Waals surface area contributed by atoms with Gasteiger partial charge < -0.3 is 39.6 Å². The maximum absolute atomic E-state index is 13.5. The average Bonchev–Trinajstić information content (AvgIpc) is 3.08. The van der Waals surface area contributed by atoms with Crippen molar-refractivity contribution in [3.63, 3.8) is 0 Å². The van der Waals surface area contributed by atoms with Crippen molar-refractivity contribution in [3.05, 3.63) is 65.2 Å². The van der Waals surface area contributed by atoms with E-state index in [-0.39, 0.29) is 39.1 Å². The third-order valence-corrected chi connectivity index (χ3v) is 6.32. The van der Waals surface area contributed by atoms with Gasteiger partial charge in [0.05, 0.1) is 65.0 Å². The summed E-state index contributed by atoms with van der Waals surface area (Å²) in [5, 5.41) is 12.1. The summed E-state index contributed by atoms with van der Waals surface area (Å²) in [4.78, 5) is 24.4. The van der Waals surface area contributed by atoms with Crippen LogP contribution in [0.2, 0.25) is 0 Å². The van der Waals surface area contributed by atoms with Gasteiger partial charge >= 0.3 is 12.0 Å². The van der Waals surface area contributed by atoms with Gasteiger partial charge in [0.25, 0.3) is 0 Å². The van der Waals surface area contributed by atoms with Crippen molar-refractivity contribution in [1.82, 2.24) is 10.6 Å². The number of halogens is 5. The van der Waals surface area contributed by atoms with E-state index in [1.807, 2.05) is 0 Å². The molecule has 0 saturated carbocycles. The molecule has 2 aromatic carbocycles. The zero-order chi connectivity index (χ0) is 35.1. The first-order chi connectivity index (χ1) is 23.1. The number of unbranched alkanes of at least 4 members (excludes halogenated alkanes) is 1. The lowest BCUT2D eigenvalue weighted by Gasteiger charge is -2.09. The smallest absolute Gasteiger partial charge is 0.319 e. The number of hydrogen-bond donors (Lipinski definition) is 5. The second-order valence-electron chi connectivity index (χ2n) is 9.66. The number of rotatable bonds is 24. The number of amides is 2. The molecule has 0 aromatic heterocycles. The number of benzene rings is 2. The molecule has 2 amide bonds. The molecule has 0 aliphatic rings. The highest BCUT2D eigenvalue weighted by atomic mass is 32.1. The Morgan fingerprint density at radius 3 is 1.85 bits per heavy atom. The molecule has 0 aliphatic heterocycles. The number of thiol groups is 1. The van der Waals surface area contributed by atoms with E-state index in [2.05, 4.69) is 38.4 Å². The molecule has 0 spiro atoms. The molecule has 0 bridgehead atoms. The lowest BCUT2D eigenvalue weighted by Crippen LogP contribution is -2.29. The number of esters is 1. The number of nitrogens with one attached hydrogen (secondary N) is 4. The number of hydrogen-bond acceptors (Lipinski definition) is 11. The summed E-state index contributed by atoms with van der Waals surface area (Å²) in [6, 6.07) is 6.79. The molecule has 0 atom stereocenters. The molecule has 0 saturated heterocycles. The van der Waals surface area contributed by atoms with Crippen LogP contribution in [-0.2, 0) is 23.7 Å². The molecule has 0 fully saturated rings. The fourth-order valence-corrected chi connectivity index (χ4v) is 3.74. The van der Waals surface area contributed by atoms with E-state index in [0.29, 0.717) is 50.7 Å². The number of allylic oxidation sites excluding steroid dienone is 1. The van der Waals surface area contributed by atoms with Crippen LogP contribution in [0.15, 0.2) is 46.2 Å². The Labute approximate surface area is 279 Å². The van der Waals surface area contributed by atoms with E-state index in [1.165, 1.54) is 0 Å². The molecule has 0 heterocycles.